The van der Waals surface area contributed by atoms with Crippen LogP contribution in [-0.4, -0.2) is 20.1 Å². The van der Waals surface area contributed by atoms with Crippen LogP contribution in [-0.2, 0) is 5.54 Å². The number of nitrogens with zero attached hydrogens (tertiary/aromatic N) is 4. The summed E-state index contributed by atoms with van der Waals surface area (Å²) in [4.78, 5) is 12.4. The van der Waals surface area contributed by atoms with Crippen LogP contribution in [0.25, 0.3) is 11.6 Å². The van der Waals surface area contributed by atoms with Gasteiger partial charge in [-0.3, -0.25) is 0 Å². The van der Waals surface area contributed by atoms with Crippen molar-refractivity contribution in [2.75, 3.05) is 0 Å². The molecule has 1 atom stereocenters. The summed E-state index contributed by atoms with van der Waals surface area (Å²) in [7, 11) is 0. The topological polar surface area (TPSA) is 90.7 Å². The second kappa shape index (κ2) is 3.59. The van der Waals surface area contributed by atoms with Crippen LogP contribution >= 0.6 is 0 Å². The van der Waals surface area contributed by atoms with Crippen molar-refractivity contribution in [3.8, 4) is 11.6 Å². The van der Waals surface area contributed by atoms with Crippen LogP contribution < -0.4 is 5.73 Å². The molecular weight excluding hydrogens is 218 g/mol. The van der Waals surface area contributed by atoms with Gasteiger partial charge in [0.25, 0.3) is 0 Å². The molecule has 2 N–H and O–H groups in total. The molecule has 1 aliphatic carbocycles. The Kier molecular flexibility index (Phi) is 2.19. The van der Waals surface area contributed by atoms with Crippen molar-refractivity contribution in [3.05, 3.63) is 24.4 Å². The number of rotatable bonds is 3. The zero-order valence-electron chi connectivity index (χ0n) is 9.50. The highest BCUT2D eigenvalue weighted by Gasteiger charge is 2.44. The average Bonchev–Trinajstić information content (AvgIpc) is 3.08. The van der Waals surface area contributed by atoms with Crippen LogP contribution in [0.15, 0.2) is 23.0 Å². The molecule has 1 aliphatic rings. The molecule has 2 aromatic heterocycles. The zero-order chi connectivity index (χ0) is 11.9. The third-order valence-corrected chi connectivity index (χ3v) is 3.08. The zero-order valence-corrected chi connectivity index (χ0v) is 9.50. The maximum atomic E-state index is 6.20. The molecule has 3 rings (SSSR count). The van der Waals surface area contributed by atoms with Gasteiger partial charge in [0.2, 0.25) is 17.5 Å². The SMILES string of the molecule is CC(N)(c1nc(-c2ncccn2)no1)C1CC1. The number of nitrogens with two attached hydrogens (primary N) is 1. The first kappa shape index (κ1) is 10.3. The van der Waals surface area contributed by atoms with Crippen molar-refractivity contribution in [1.29, 1.82) is 0 Å². The van der Waals surface area contributed by atoms with Crippen molar-refractivity contribution in [1.82, 2.24) is 20.1 Å². The van der Waals surface area contributed by atoms with Crippen molar-refractivity contribution in [2.45, 2.75) is 25.3 Å². The molecule has 0 radical (unpaired) electrons. The third-order valence-electron chi connectivity index (χ3n) is 3.08. The summed E-state index contributed by atoms with van der Waals surface area (Å²) in [5.74, 6) is 1.74. The van der Waals surface area contributed by atoms with E-state index in [1.54, 1.807) is 18.5 Å². The molecule has 1 saturated carbocycles. The van der Waals surface area contributed by atoms with E-state index in [0.29, 0.717) is 23.5 Å². The molecule has 0 saturated heterocycles. The van der Waals surface area contributed by atoms with E-state index in [0.717, 1.165) is 12.8 Å². The van der Waals surface area contributed by atoms with Gasteiger partial charge in [0.15, 0.2) is 0 Å². The summed E-state index contributed by atoms with van der Waals surface area (Å²) in [6, 6.07) is 1.74. The molecule has 2 heterocycles. The van der Waals surface area contributed by atoms with Gasteiger partial charge in [-0.15, -0.1) is 0 Å². The Morgan fingerprint density at radius 1 is 1.29 bits per heavy atom. The second-order valence-electron chi connectivity index (χ2n) is 4.55. The highest BCUT2D eigenvalue weighted by molar-refractivity contribution is 5.40. The molecule has 0 bridgehead atoms. The lowest BCUT2D eigenvalue weighted by molar-refractivity contribution is 0.273. The fourth-order valence-corrected chi connectivity index (χ4v) is 1.81. The first-order valence-corrected chi connectivity index (χ1v) is 5.58. The van der Waals surface area contributed by atoms with Gasteiger partial charge >= 0.3 is 0 Å². The molecule has 0 aromatic carbocycles. The summed E-state index contributed by atoms with van der Waals surface area (Å²) >= 11 is 0. The Morgan fingerprint density at radius 2 is 2.00 bits per heavy atom. The minimum atomic E-state index is -0.542. The van der Waals surface area contributed by atoms with E-state index < -0.39 is 5.54 Å². The van der Waals surface area contributed by atoms with Crippen LogP contribution in [0.3, 0.4) is 0 Å². The minimum Gasteiger partial charge on any atom is -0.337 e. The van der Waals surface area contributed by atoms with E-state index in [2.05, 4.69) is 20.1 Å². The monoisotopic (exact) mass is 231 g/mol. The summed E-state index contributed by atoms with van der Waals surface area (Å²) in [5.41, 5.74) is 5.66. The van der Waals surface area contributed by atoms with E-state index in [-0.39, 0.29) is 0 Å². The third kappa shape index (κ3) is 1.80. The number of aromatic nitrogens is 4. The van der Waals surface area contributed by atoms with Gasteiger partial charge < -0.3 is 10.3 Å². The molecule has 0 amide bonds. The Morgan fingerprint density at radius 3 is 2.65 bits per heavy atom. The normalized spacial score (nSPS) is 18.9. The fraction of sp³-hybridized carbons (Fsp3) is 0.455. The Hall–Kier alpha value is -1.82. The molecule has 6 heteroatoms. The van der Waals surface area contributed by atoms with Gasteiger partial charge in [-0.1, -0.05) is 5.16 Å². The van der Waals surface area contributed by atoms with Crippen molar-refractivity contribution < 1.29 is 4.52 Å². The Balaban J connectivity index is 1.93. The number of hydrogen-bond acceptors (Lipinski definition) is 6. The van der Waals surface area contributed by atoms with E-state index in [9.17, 15) is 0 Å². The molecule has 0 aliphatic heterocycles. The lowest BCUT2D eigenvalue weighted by Crippen LogP contribution is -2.35. The molecular formula is C11H13N5O. The van der Waals surface area contributed by atoms with Gasteiger partial charge in [0.05, 0.1) is 5.54 Å². The molecule has 6 nitrogen and oxygen atoms in total. The van der Waals surface area contributed by atoms with Gasteiger partial charge in [0, 0.05) is 12.4 Å². The molecule has 1 unspecified atom stereocenters. The highest BCUT2D eigenvalue weighted by atomic mass is 16.5. The minimum absolute atomic E-state index is 0.387. The predicted octanol–water partition coefficient (Wildman–Crippen LogP) is 1.11. The maximum Gasteiger partial charge on any atom is 0.247 e. The maximum absolute atomic E-state index is 6.20. The lowest BCUT2D eigenvalue weighted by atomic mass is 9.97. The van der Waals surface area contributed by atoms with Crippen LogP contribution in [0.1, 0.15) is 25.7 Å². The van der Waals surface area contributed by atoms with E-state index in [1.165, 1.54) is 0 Å². The highest BCUT2D eigenvalue weighted by Crippen LogP contribution is 2.43. The molecule has 2 aromatic rings. The quantitative estimate of drug-likeness (QED) is 0.850. The molecule has 1 fully saturated rings. The summed E-state index contributed by atoms with van der Waals surface area (Å²) < 4.78 is 5.22. The Labute approximate surface area is 98.3 Å². The first-order chi connectivity index (χ1) is 8.18. The first-order valence-electron chi connectivity index (χ1n) is 5.58. The van der Waals surface area contributed by atoms with E-state index in [1.807, 2.05) is 6.92 Å². The second-order valence-corrected chi connectivity index (χ2v) is 4.55. The van der Waals surface area contributed by atoms with Crippen LogP contribution in [0, 0.1) is 5.92 Å². The van der Waals surface area contributed by atoms with Gasteiger partial charge in [-0.05, 0) is 31.7 Å². The summed E-state index contributed by atoms with van der Waals surface area (Å²) in [5, 5.41) is 3.87. The fourth-order valence-electron chi connectivity index (χ4n) is 1.81. The average molecular weight is 231 g/mol. The van der Waals surface area contributed by atoms with Gasteiger partial charge in [-0.2, -0.15) is 4.98 Å². The van der Waals surface area contributed by atoms with Gasteiger partial charge in [-0.25, -0.2) is 9.97 Å². The molecule has 0 spiro atoms. The predicted molar refractivity (Wildman–Crippen MR) is 59.6 cm³/mol. The van der Waals surface area contributed by atoms with E-state index in [4.69, 9.17) is 10.3 Å². The Bertz CT molecular complexity index is 518. The van der Waals surface area contributed by atoms with Crippen molar-refractivity contribution in [2.24, 2.45) is 11.7 Å². The summed E-state index contributed by atoms with van der Waals surface area (Å²) in [6.07, 6.45) is 5.51. The number of hydrogen-bond donors (Lipinski definition) is 1. The van der Waals surface area contributed by atoms with Gasteiger partial charge in [0.1, 0.15) is 0 Å². The van der Waals surface area contributed by atoms with Crippen molar-refractivity contribution in [3.63, 3.8) is 0 Å². The van der Waals surface area contributed by atoms with Crippen LogP contribution in [0.4, 0.5) is 0 Å². The van der Waals surface area contributed by atoms with Crippen LogP contribution in [0.5, 0.6) is 0 Å². The standard InChI is InChI=1S/C11H13N5O/c1-11(12,7-3-4-7)10-15-9(16-17-10)8-13-5-2-6-14-8/h2,5-7H,3-4,12H2,1H3. The van der Waals surface area contributed by atoms with E-state index >= 15 is 0 Å². The van der Waals surface area contributed by atoms with Crippen molar-refractivity contribution >= 4 is 0 Å². The smallest absolute Gasteiger partial charge is 0.247 e. The molecule has 17 heavy (non-hydrogen) atoms. The summed E-state index contributed by atoms with van der Waals surface area (Å²) in [6.45, 7) is 1.92. The lowest BCUT2D eigenvalue weighted by Gasteiger charge is -2.18. The largest absolute Gasteiger partial charge is 0.337 e. The molecule has 88 valence electrons. The van der Waals surface area contributed by atoms with Crippen LogP contribution in [0.2, 0.25) is 0 Å².